The molecule has 0 nitrogen and oxygen atoms in total. The maximum atomic E-state index is 3.42. The topological polar surface area (TPSA) is 0 Å². The van der Waals surface area contributed by atoms with Crippen LogP contribution in [0.15, 0.2) is 12.3 Å². The molecule has 10 aliphatic rings. The Balaban J connectivity index is 0.000000151. The molecule has 14 heavy (non-hydrogen) atoms. The normalized spacial score (nSPS) is 135. The average Bonchev–Trinajstić information content (AvgIpc) is 3.15. The second-order valence-electron chi connectivity index (χ2n) is 9.99. The first-order valence-corrected chi connectivity index (χ1v) is 13.9. The van der Waals surface area contributed by atoms with Gasteiger partial charge in [-0.15, -0.1) is 12.3 Å². The Kier molecular flexibility index (Phi) is 0.133. The summed E-state index contributed by atoms with van der Waals surface area (Å²) < 4.78 is 0. The molecule has 0 N–H and O–H groups in total. The van der Waals surface area contributed by atoms with Crippen molar-refractivity contribution >= 4 is 10.2 Å². The Morgan fingerprint density at radius 1 is 0.714 bits per heavy atom. The molecular formula is C12H16FeSi. The standard InChI is InChI=1S/2C5H5.C2H6Si.Fe/c2*1-2-4-5-3-1;1-2-3;/h2*1-5H;2H,1H2,3H3;. The van der Waals surface area contributed by atoms with E-state index in [1.165, 1.54) is 0 Å². The fourth-order valence-corrected chi connectivity index (χ4v) is 88.0. The molecule has 0 bridgehead atoms. The molecule has 10 aliphatic heterocycles. The van der Waals surface area contributed by atoms with Crippen molar-refractivity contribution in [1.29, 1.82) is 0 Å². The van der Waals surface area contributed by atoms with E-state index in [4.69, 9.17) is 0 Å². The summed E-state index contributed by atoms with van der Waals surface area (Å²) in [5.74, 6) is 0. The average molecular weight is 244 g/mol. The van der Waals surface area contributed by atoms with Crippen molar-refractivity contribution in [2.45, 2.75) is 48.2 Å². The van der Waals surface area contributed by atoms with Crippen LogP contribution in [0.3, 0.4) is 0 Å². The van der Waals surface area contributed by atoms with Gasteiger partial charge in [-0.05, 0) is 0 Å². The molecule has 0 radical (unpaired) electrons. The molecule has 0 atom stereocenters. The molecule has 76 valence electrons. The van der Waals surface area contributed by atoms with E-state index in [0.717, 1.165) is 10.2 Å². The predicted molar refractivity (Wildman–Crippen MR) is 57.6 cm³/mol. The molecule has 0 aromatic carbocycles. The van der Waals surface area contributed by atoms with Gasteiger partial charge in [0.15, 0.2) is 0 Å². The van der Waals surface area contributed by atoms with E-state index < -0.39 is 6.51 Å². The Hall–Kier alpha value is 0.476. The van der Waals surface area contributed by atoms with E-state index >= 15 is 0 Å². The zero-order chi connectivity index (χ0) is 8.80. The van der Waals surface area contributed by atoms with Crippen molar-refractivity contribution in [3.63, 3.8) is 0 Å². The molecular weight excluding hydrogens is 228 g/mol. The van der Waals surface area contributed by atoms with Crippen LogP contribution in [0.4, 0.5) is 0 Å². The van der Waals surface area contributed by atoms with Crippen molar-refractivity contribution in [1.82, 2.24) is 0 Å². The summed E-state index contributed by atoms with van der Waals surface area (Å²) in [6, 6.07) is 0. The van der Waals surface area contributed by atoms with E-state index in [0.29, 0.717) is 0 Å². The van der Waals surface area contributed by atoms with Gasteiger partial charge in [0.25, 0.3) is 0 Å². The van der Waals surface area contributed by atoms with Gasteiger partial charge < -0.3 is 0 Å². The summed E-state index contributed by atoms with van der Waals surface area (Å²) >= 11 is 0. The first-order chi connectivity index (χ1) is 6.57. The minimum atomic E-state index is -2.28. The Bertz CT molecular complexity index is 622. The Labute approximate surface area is 77.2 Å². The molecule has 10 heterocycles. The number of fused-ring (bicyclic) bond motifs is 10. The molecule has 0 aromatic rings. The molecule has 0 aliphatic carbocycles. The summed E-state index contributed by atoms with van der Waals surface area (Å²) in [4.78, 5) is 15.9. The molecule has 1 spiro atoms. The van der Waals surface area contributed by atoms with Gasteiger partial charge >= 0.3 is 54.7 Å². The van der Waals surface area contributed by atoms with Gasteiger partial charge in [-0.1, -0.05) is 0 Å². The summed E-state index contributed by atoms with van der Waals surface area (Å²) in [6.45, 7) is 1.14. The van der Waals surface area contributed by atoms with E-state index in [1.54, 1.807) is 48.2 Å². The van der Waals surface area contributed by atoms with Crippen molar-refractivity contribution in [2.75, 3.05) is 0 Å². The molecule has 10 rings (SSSR count). The molecule has 0 unspecified atom stereocenters. The number of hydrogen-bond donors (Lipinski definition) is 0. The monoisotopic (exact) mass is 244 g/mol. The Morgan fingerprint density at radius 2 is 0.857 bits per heavy atom. The SMILES string of the molecule is C=C[SiH3].[CH]12[CH]3[CH]4[CH]5[CH]1[Fe]23451678[CH]2[CH]1[CH]6[CH]7[CH]28. The zero-order valence-electron chi connectivity index (χ0n) is 8.41. The van der Waals surface area contributed by atoms with Crippen LogP contribution in [-0.2, 0) is 6.51 Å². The van der Waals surface area contributed by atoms with Crippen molar-refractivity contribution in [3.05, 3.63) is 12.3 Å². The Morgan fingerprint density at radius 3 is 0.857 bits per heavy atom. The minimum absolute atomic E-state index is 1.13. The van der Waals surface area contributed by atoms with Crippen LogP contribution in [0.1, 0.15) is 0 Å². The molecule has 0 aromatic heterocycles. The van der Waals surface area contributed by atoms with Gasteiger partial charge in [0.05, 0.1) is 0 Å². The third-order valence-corrected chi connectivity index (χ3v) is 56.5. The third-order valence-electron chi connectivity index (χ3n) is 14.5. The second kappa shape index (κ2) is 0.359. The van der Waals surface area contributed by atoms with Crippen molar-refractivity contribution in [2.24, 2.45) is 0 Å². The summed E-state index contributed by atoms with van der Waals surface area (Å²) in [5, 5.41) is 0. The molecule has 0 saturated carbocycles. The summed E-state index contributed by atoms with van der Waals surface area (Å²) in [7, 11) is 1.13. The molecule has 10 saturated heterocycles. The van der Waals surface area contributed by atoms with E-state index in [-0.39, 0.29) is 0 Å². The molecule has 10 fully saturated rings. The summed E-state index contributed by atoms with van der Waals surface area (Å²) in [5.41, 5.74) is 1.89. The van der Waals surface area contributed by atoms with E-state index in [1.807, 2.05) is 5.70 Å². The van der Waals surface area contributed by atoms with Gasteiger partial charge in [0.1, 0.15) is 0 Å². The fraction of sp³-hybridized carbons (Fsp3) is 0.833. The van der Waals surface area contributed by atoms with Crippen LogP contribution >= 0.6 is 0 Å². The molecule has 2 heteroatoms. The van der Waals surface area contributed by atoms with Crippen LogP contribution in [-0.4, -0.2) is 10.2 Å². The zero-order valence-corrected chi connectivity index (χ0v) is 11.5. The van der Waals surface area contributed by atoms with Crippen LogP contribution in [0.2, 0.25) is 48.2 Å². The number of hydrogen-bond acceptors (Lipinski definition) is 0. The quantitative estimate of drug-likeness (QED) is 0.575. The first kappa shape index (κ1) is 5.20. The van der Waals surface area contributed by atoms with Gasteiger partial charge in [-0.3, -0.25) is 0 Å². The van der Waals surface area contributed by atoms with Crippen LogP contribution in [0.25, 0.3) is 0 Å². The predicted octanol–water partition coefficient (Wildman–Crippen LogP) is 2.87. The fourth-order valence-electron chi connectivity index (χ4n) is 15.8. The van der Waals surface area contributed by atoms with Crippen LogP contribution in [0.5, 0.6) is 0 Å². The van der Waals surface area contributed by atoms with Gasteiger partial charge in [-0.2, -0.15) is 0 Å². The first-order valence-electron chi connectivity index (χ1n) is 6.36. The van der Waals surface area contributed by atoms with E-state index in [2.05, 4.69) is 6.58 Å². The van der Waals surface area contributed by atoms with E-state index in [9.17, 15) is 0 Å². The molecule has 0 amide bonds. The van der Waals surface area contributed by atoms with Gasteiger partial charge in [0.2, 0.25) is 0 Å². The maximum absolute atomic E-state index is 3.42. The van der Waals surface area contributed by atoms with Gasteiger partial charge in [-0.25, -0.2) is 0 Å². The van der Waals surface area contributed by atoms with Crippen molar-refractivity contribution in [3.8, 4) is 0 Å². The third kappa shape index (κ3) is 0.0409. The van der Waals surface area contributed by atoms with Crippen LogP contribution in [0, 0.1) is 0 Å². The van der Waals surface area contributed by atoms with Crippen LogP contribution < -0.4 is 0 Å². The van der Waals surface area contributed by atoms with Gasteiger partial charge in [0, 0.05) is 10.2 Å². The van der Waals surface area contributed by atoms with Crippen molar-refractivity contribution < 1.29 is 6.51 Å². The second-order valence-corrected chi connectivity index (χ2v) is 34.7. The summed E-state index contributed by atoms with van der Waals surface area (Å²) in [6.07, 6.45) is 0. The number of rotatable bonds is 0.